The van der Waals surface area contributed by atoms with Crippen molar-refractivity contribution in [1.29, 1.82) is 0 Å². The fourth-order valence-electron chi connectivity index (χ4n) is 1.81. The van der Waals surface area contributed by atoms with Gasteiger partial charge in [0.25, 0.3) is 0 Å². The summed E-state index contributed by atoms with van der Waals surface area (Å²) in [6.45, 7) is 4.51. The summed E-state index contributed by atoms with van der Waals surface area (Å²) in [6, 6.07) is 8.96. The van der Waals surface area contributed by atoms with E-state index in [4.69, 9.17) is 5.11 Å². The highest BCUT2D eigenvalue weighted by atomic mass is 79.9. The van der Waals surface area contributed by atoms with Crippen LogP contribution in [0, 0.1) is 0 Å². The first-order valence-electron chi connectivity index (χ1n) is 5.80. The van der Waals surface area contributed by atoms with Gasteiger partial charge in [-0.25, -0.2) is 0 Å². The maximum atomic E-state index is 8.90. The van der Waals surface area contributed by atoms with Gasteiger partial charge in [-0.05, 0) is 31.4 Å². The van der Waals surface area contributed by atoms with Crippen molar-refractivity contribution < 1.29 is 5.11 Å². The molecule has 0 aliphatic carbocycles. The molecule has 2 N–H and O–H groups in total. The van der Waals surface area contributed by atoms with Crippen LogP contribution in [0.15, 0.2) is 28.7 Å². The Morgan fingerprint density at radius 3 is 2.62 bits per heavy atom. The molecule has 0 aliphatic rings. The summed E-state index contributed by atoms with van der Waals surface area (Å²) in [7, 11) is 0. The second-order valence-electron chi connectivity index (χ2n) is 4.06. The van der Waals surface area contributed by atoms with Crippen molar-refractivity contribution in [3.63, 3.8) is 0 Å². The van der Waals surface area contributed by atoms with Gasteiger partial charge in [0.05, 0.1) is 0 Å². The molecule has 3 heteroatoms. The molecule has 2 nitrogen and oxygen atoms in total. The lowest BCUT2D eigenvalue weighted by Gasteiger charge is -2.23. The van der Waals surface area contributed by atoms with Crippen LogP contribution in [0.5, 0.6) is 0 Å². The molecule has 0 bridgehead atoms. The minimum atomic E-state index is 0.237. The van der Waals surface area contributed by atoms with Crippen LogP contribution < -0.4 is 5.32 Å². The number of rotatable bonds is 6. The lowest BCUT2D eigenvalue weighted by Crippen LogP contribution is -2.31. The SMILES string of the molecule is CCC(N[C@H](C)CCO)c1ccccc1Br. The van der Waals surface area contributed by atoms with E-state index in [0.717, 1.165) is 17.3 Å². The summed E-state index contributed by atoms with van der Waals surface area (Å²) in [5, 5.41) is 12.4. The van der Waals surface area contributed by atoms with Crippen molar-refractivity contribution in [1.82, 2.24) is 5.32 Å². The van der Waals surface area contributed by atoms with Gasteiger partial charge in [-0.2, -0.15) is 0 Å². The molecule has 0 heterocycles. The normalized spacial score (nSPS) is 14.8. The minimum absolute atomic E-state index is 0.237. The number of aliphatic hydroxyl groups is 1. The Kier molecular flexibility index (Phi) is 6.03. The van der Waals surface area contributed by atoms with Crippen LogP contribution in [-0.2, 0) is 0 Å². The van der Waals surface area contributed by atoms with Gasteiger partial charge in [-0.3, -0.25) is 0 Å². The first-order valence-corrected chi connectivity index (χ1v) is 6.59. The van der Waals surface area contributed by atoms with Crippen molar-refractivity contribution in [2.75, 3.05) is 6.61 Å². The highest BCUT2D eigenvalue weighted by molar-refractivity contribution is 9.10. The molecule has 0 saturated heterocycles. The van der Waals surface area contributed by atoms with E-state index in [0.29, 0.717) is 12.1 Å². The van der Waals surface area contributed by atoms with Crippen molar-refractivity contribution in [3.05, 3.63) is 34.3 Å². The van der Waals surface area contributed by atoms with Gasteiger partial charge in [0.15, 0.2) is 0 Å². The Morgan fingerprint density at radius 1 is 1.38 bits per heavy atom. The molecule has 16 heavy (non-hydrogen) atoms. The fraction of sp³-hybridized carbons (Fsp3) is 0.538. The summed E-state index contributed by atoms with van der Waals surface area (Å²) in [6.07, 6.45) is 1.83. The predicted octanol–water partition coefficient (Wildman–Crippen LogP) is 3.26. The van der Waals surface area contributed by atoms with Crippen molar-refractivity contribution >= 4 is 15.9 Å². The van der Waals surface area contributed by atoms with Crippen LogP contribution in [0.4, 0.5) is 0 Å². The molecule has 0 aromatic heterocycles. The van der Waals surface area contributed by atoms with Crippen LogP contribution >= 0.6 is 15.9 Å². The molecule has 1 aromatic rings. The van der Waals surface area contributed by atoms with E-state index in [1.54, 1.807) is 0 Å². The molecule has 1 rings (SSSR count). The largest absolute Gasteiger partial charge is 0.396 e. The lowest BCUT2D eigenvalue weighted by molar-refractivity contribution is 0.262. The zero-order valence-corrected chi connectivity index (χ0v) is 11.5. The van der Waals surface area contributed by atoms with Crippen LogP contribution in [0.2, 0.25) is 0 Å². The van der Waals surface area contributed by atoms with Crippen molar-refractivity contribution in [2.24, 2.45) is 0 Å². The van der Waals surface area contributed by atoms with Crippen LogP contribution in [0.25, 0.3) is 0 Å². The third kappa shape index (κ3) is 3.89. The van der Waals surface area contributed by atoms with Crippen LogP contribution in [0.3, 0.4) is 0 Å². The number of hydrogen-bond donors (Lipinski definition) is 2. The zero-order valence-electron chi connectivity index (χ0n) is 9.91. The molecular weight excluding hydrogens is 266 g/mol. The molecule has 0 saturated carbocycles. The third-order valence-corrected chi connectivity index (χ3v) is 3.46. The molecule has 0 amide bonds. The predicted molar refractivity (Wildman–Crippen MR) is 71.5 cm³/mol. The Hall–Kier alpha value is -0.380. The van der Waals surface area contributed by atoms with Gasteiger partial charge in [-0.1, -0.05) is 41.1 Å². The van der Waals surface area contributed by atoms with Crippen molar-refractivity contribution in [2.45, 2.75) is 38.8 Å². The summed E-state index contributed by atoms with van der Waals surface area (Å²) in [5.74, 6) is 0. The molecular formula is C13H20BrNO. The zero-order chi connectivity index (χ0) is 12.0. The molecule has 0 spiro atoms. The van der Waals surface area contributed by atoms with Gasteiger partial charge in [0, 0.05) is 23.2 Å². The molecule has 0 radical (unpaired) electrons. The summed E-state index contributed by atoms with van der Waals surface area (Å²) in [5.41, 5.74) is 1.29. The molecule has 0 fully saturated rings. The standard InChI is InChI=1S/C13H20BrNO/c1-3-13(15-10(2)8-9-16)11-6-4-5-7-12(11)14/h4-7,10,13,15-16H,3,8-9H2,1-2H3/t10-,13?/m1/s1. The highest BCUT2D eigenvalue weighted by Gasteiger charge is 2.14. The van der Waals surface area contributed by atoms with Crippen LogP contribution in [-0.4, -0.2) is 17.8 Å². The first-order chi connectivity index (χ1) is 7.69. The summed E-state index contributed by atoms with van der Waals surface area (Å²) < 4.78 is 1.14. The number of nitrogens with one attached hydrogen (secondary N) is 1. The minimum Gasteiger partial charge on any atom is -0.396 e. The number of hydrogen-bond acceptors (Lipinski definition) is 2. The van der Waals surface area contributed by atoms with Gasteiger partial charge in [0.2, 0.25) is 0 Å². The van der Waals surface area contributed by atoms with E-state index >= 15 is 0 Å². The Labute approximate surface area is 106 Å². The molecule has 0 aliphatic heterocycles. The molecule has 1 unspecified atom stereocenters. The first kappa shape index (κ1) is 13.7. The topological polar surface area (TPSA) is 32.3 Å². The van der Waals surface area contributed by atoms with E-state index in [1.807, 2.05) is 6.07 Å². The molecule has 2 atom stereocenters. The summed E-state index contributed by atoms with van der Waals surface area (Å²) >= 11 is 3.58. The Morgan fingerprint density at radius 2 is 2.06 bits per heavy atom. The van der Waals surface area contributed by atoms with Gasteiger partial charge < -0.3 is 10.4 Å². The maximum Gasteiger partial charge on any atom is 0.0445 e. The monoisotopic (exact) mass is 285 g/mol. The van der Waals surface area contributed by atoms with E-state index in [1.165, 1.54) is 5.56 Å². The number of benzene rings is 1. The second kappa shape index (κ2) is 7.05. The van der Waals surface area contributed by atoms with E-state index in [-0.39, 0.29) is 6.61 Å². The Balaban J connectivity index is 2.71. The molecule has 1 aromatic carbocycles. The third-order valence-electron chi connectivity index (χ3n) is 2.74. The fourth-order valence-corrected chi connectivity index (χ4v) is 2.37. The number of halogens is 1. The average molecular weight is 286 g/mol. The van der Waals surface area contributed by atoms with E-state index < -0.39 is 0 Å². The summed E-state index contributed by atoms with van der Waals surface area (Å²) in [4.78, 5) is 0. The average Bonchev–Trinajstić information content (AvgIpc) is 2.27. The van der Waals surface area contributed by atoms with Crippen molar-refractivity contribution in [3.8, 4) is 0 Å². The van der Waals surface area contributed by atoms with E-state index in [2.05, 4.69) is 53.3 Å². The Bertz CT molecular complexity index is 317. The van der Waals surface area contributed by atoms with Crippen LogP contribution in [0.1, 0.15) is 38.3 Å². The second-order valence-corrected chi connectivity index (χ2v) is 4.92. The quantitative estimate of drug-likeness (QED) is 0.841. The van der Waals surface area contributed by atoms with Gasteiger partial charge in [-0.15, -0.1) is 0 Å². The van der Waals surface area contributed by atoms with Gasteiger partial charge >= 0.3 is 0 Å². The molecule has 90 valence electrons. The maximum absolute atomic E-state index is 8.90. The lowest BCUT2D eigenvalue weighted by atomic mass is 10.0. The highest BCUT2D eigenvalue weighted by Crippen LogP contribution is 2.25. The smallest absolute Gasteiger partial charge is 0.0445 e. The number of aliphatic hydroxyl groups excluding tert-OH is 1. The van der Waals surface area contributed by atoms with E-state index in [9.17, 15) is 0 Å². The van der Waals surface area contributed by atoms with Gasteiger partial charge in [0.1, 0.15) is 0 Å².